The highest BCUT2D eigenvalue weighted by molar-refractivity contribution is 7.99. The summed E-state index contributed by atoms with van der Waals surface area (Å²) in [5, 5.41) is 3.26. The standard InChI is InChI=1S/C11H23NO2S2/c1-11(2,3)16(13,14)7-5-12-8-10-4-6-15-9-10/h10,12H,4-9H2,1-3H3. The molecule has 1 unspecified atom stereocenters. The summed E-state index contributed by atoms with van der Waals surface area (Å²) in [7, 11) is -2.96. The van der Waals surface area contributed by atoms with Crippen molar-refractivity contribution in [3.8, 4) is 0 Å². The highest BCUT2D eigenvalue weighted by atomic mass is 32.2. The number of hydrogen-bond donors (Lipinski definition) is 1. The van der Waals surface area contributed by atoms with Gasteiger partial charge in [0.2, 0.25) is 0 Å². The van der Waals surface area contributed by atoms with Crippen LogP contribution in [0.4, 0.5) is 0 Å². The predicted molar refractivity (Wildman–Crippen MR) is 71.8 cm³/mol. The molecule has 5 heteroatoms. The van der Waals surface area contributed by atoms with E-state index < -0.39 is 14.6 Å². The van der Waals surface area contributed by atoms with Gasteiger partial charge in [-0.15, -0.1) is 0 Å². The minimum atomic E-state index is -2.96. The molecule has 0 spiro atoms. The molecule has 1 aliphatic rings. The predicted octanol–water partition coefficient (Wildman–Crippen LogP) is 1.54. The smallest absolute Gasteiger partial charge is 0.156 e. The van der Waals surface area contributed by atoms with Crippen LogP contribution >= 0.6 is 11.8 Å². The van der Waals surface area contributed by atoms with Crippen LogP contribution in [0, 0.1) is 5.92 Å². The lowest BCUT2D eigenvalue weighted by atomic mass is 10.1. The number of hydrogen-bond acceptors (Lipinski definition) is 4. The van der Waals surface area contributed by atoms with Crippen molar-refractivity contribution in [2.45, 2.75) is 31.9 Å². The van der Waals surface area contributed by atoms with Crippen LogP contribution in [-0.2, 0) is 9.84 Å². The molecule has 1 aliphatic heterocycles. The van der Waals surface area contributed by atoms with Crippen LogP contribution in [0.25, 0.3) is 0 Å². The van der Waals surface area contributed by atoms with Crippen molar-refractivity contribution in [3.63, 3.8) is 0 Å². The maximum atomic E-state index is 11.8. The summed E-state index contributed by atoms with van der Waals surface area (Å²) in [5.41, 5.74) is 0. The normalized spacial score (nSPS) is 22.6. The third-order valence-electron chi connectivity index (χ3n) is 2.94. The number of rotatable bonds is 5. The second kappa shape index (κ2) is 5.74. The summed E-state index contributed by atoms with van der Waals surface area (Å²) in [4.78, 5) is 0. The third kappa shape index (κ3) is 4.26. The van der Waals surface area contributed by atoms with Crippen molar-refractivity contribution in [1.29, 1.82) is 0 Å². The van der Waals surface area contributed by atoms with E-state index >= 15 is 0 Å². The average molecular weight is 265 g/mol. The van der Waals surface area contributed by atoms with Crippen LogP contribution in [0.2, 0.25) is 0 Å². The summed E-state index contributed by atoms with van der Waals surface area (Å²) in [6.45, 7) is 6.83. The molecule has 0 aromatic rings. The summed E-state index contributed by atoms with van der Waals surface area (Å²) in [6.07, 6.45) is 1.27. The maximum Gasteiger partial charge on any atom is 0.156 e. The van der Waals surface area contributed by atoms with E-state index in [9.17, 15) is 8.42 Å². The fourth-order valence-corrected chi connectivity index (χ4v) is 3.87. The number of thioether (sulfide) groups is 1. The zero-order valence-electron chi connectivity index (χ0n) is 10.5. The Bertz CT molecular complexity index is 300. The minimum absolute atomic E-state index is 0.246. The molecule has 1 saturated heterocycles. The molecular weight excluding hydrogens is 242 g/mol. The van der Waals surface area contributed by atoms with Gasteiger partial charge in [0, 0.05) is 6.54 Å². The lowest BCUT2D eigenvalue weighted by molar-refractivity contribution is 0.525. The molecule has 1 heterocycles. The summed E-state index contributed by atoms with van der Waals surface area (Å²) >= 11 is 1.99. The fourth-order valence-electron chi connectivity index (χ4n) is 1.56. The summed E-state index contributed by atoms with van der Waals surface area (Å²) in [6, 6.07) is 0. The molecule has 1 rings (SSSR count). The van der Waals surface area contributed by atoms with E-state index in [-0.39, 0.29) is 5.75 Å². The highest BCUT2D eigenvalue weighted by Crippen LogP contribution is 2.22. The Morgan fingerprint density at radius 1 is 1.38 bits per heavy atom. The van der Waals surface area contributed by atoms with E-state index in [0.717, 1.165) is 12.5 Å². The largest absolute Gasteiger partial charge is 0.315 e. The monoisotopic (exact) mass is 265 g/mol. The first-order valence-electron chi connectivity index (χ1n) is 5.84. The van der Waals surface area contributed by atoms with E-state index in [2.05, 4.69) is 5.32 Å². The minimum Gasteiger partial charge on any atom is -0.315 e. The van der Waals surface area contributed by atoms with Gasteiger partial charge < -0.3 is 5.32 Å². The van der Waals surface area contributed by atoms with Crippen LogP contribution in [0.3, 0.4) is 0 Å². The van der Waals surface area contributed by atoms with Crippen molar-refractivity contribution >= 4 is 21.6 Å². The molecule has 0 aromatic carbocycles. The van der Waals surface area contributed by atoms with Crippen molar-refractivity contribution < 1.29 is 8.42 Å². The van der Waals surface area contributed by atoms with Gasteiger partial charge in [-0.05, 0) is 51.2 Å². The van der Waals surface area contributed by atoms with Gasteiger partial charge in [0.15, 0.2) is 9.84 Å². The van der Waals surface area contributed by atoms with Gasteiger partial charge >= 0.3 is 0 Å². The van der Waals surface area contributed by atoms with E-state index in [1.165, 1.54) is 17.9 Å². The van der Waals surface area contributed by atoms with E-state index in [1.54, 1.807) is 20.8 Å². The first-order valence-corrected chi connectivity index (χ1v) is 8.64. The Morgan fingerprint density at radius 3 is 2.56 bits per heavy atom. The molecule has 0 aliphatic carbocycles. The Morgan fingerprint density at radius 2 is 2.06 bits per heavy atom. The first kappa shape index (κ1) is 14.3. The lowest BCUT2D eigenvalue weighted by Gasteiger charge is -2.19. The van der Waals surface area contributed by atoms with Gasteiger partial charge in [-0.25, -0.2) is 8.42 Å². The Hall–Kier alpha value is 0.260. The molecule has 0 saturated carbocycles. The third-order valence-corrected chi connectivity index (χ3v) is 6.78. The van der Waals surface area contributed by atoms with Crippen molar-refractivity contribution in [2.75, 3.05) is 30.3 Å². The SMILES string of the molecule is CC(C)(C)S(=O)(=O)CCNCC1CCSC1. The molecule has 0 radical (unpaired) electrons. The highest BCUT2D eigenvalue weighted by Gasteiger charge is 2.28. The quantitative estimate of drug-likeness (QED) is 0.766. The number of sulfone groups is 1. The van der Waals surface area contributed by atoms with Crippen LogP contribution in [0.5, 0.6) is 0 Å². The molecule has 0 bridgehead atoms. The zero-order valence-corrected chi connectivity index (χ0v) is 12.1. The second-order valence-corrected chi connectivity index (χ2v) is 9.38. The van der Waals surface area contributed by atoms with Gasteiger partial charge in [-0.1, -0.05) is 0 Å². The van der Waals surface area contributed by atoms with Crippen LogP contribution in [0.1, 0.15) is 27.2 Å². The van der Waals surface area contributed by atoms with Gasteiger partial charge in [0.25, 0.3) is 0 Å². The first-order chi connectivity index (χ1) is 7.33. The van der Waals surface area contributed by atoms with Crippen LogP contribution < -0.4 is 5.32 Å². The molecule has 0 aromatic heterocycles. The summed E-state index contributed by atoms with van der Waals surface area (Å²) < 4.78 is 23.0. The van der Waals surface area contributed by atoms with Crippen LogP contribution in [-0.4, -0.2) is 43.5 Å². The van der Waals surface area contributed by atoms with Crippen molar-refractivity contribution in [1.82, 2.24) is 5.32 Å². The number of nitrogens with one attached hydrogen (secondary N) is 1. The van der Waals surface area contributed by atoms with Crippen LogP contribution in [0.15, 0.2) is 0 Å². The van der Waals surface area contributed by atoms with Crippen molar-refractivity contribution in [2.24, 2.45) is 5.92 Å². The van der Waals surface area contributed by atoms with E-state index in [1.807, 2.05) is 11.8 Å². The molecule has 1 fully saturated rings. The van der Waals surface area contributed by atoms with Crippen molar-refractivity contribution in [3.05, 3.63) is 0 Å². The molecular formula is C11H23NO2S2. The molecule has 96 valence electrons. The fraction of sp³-hybridized carbons (Fsp3) is 1.00. The van der Waals surface area contributed by atoms with Gasteiger partial charge in [0.1, 0.15) is 0 Å². The lowest BCUT2D eigenvalue weighted by Crippen LogP contribution is -2.35. The average Bonchev–Trinajstić information content (AvgIpc) is 2.63. The Kier molecular flexibility index (Phi) is 5.13. The maximum absolute atomic E-state index is 11.8. The summed E-state index contributed by atoms with van der Waals surface area (Å²) in [5.74, 6) is 3.46. The molecule has 1 atom stereocenters. The zero-order chi connectivity index (χ0) is 12.2. The Labute approximate surface area is 104 Å². The molecule has 3 nitrogen and oxygen atoms in total. The second-order valence-electron chi connectivity index (χ2n) is 5.36. The van der Waals surface area contributed by atoms with Gasteiger partial charge in [-0.2, -0.15) is 11.8 Å². The van der Waals surface area contributed by atoms with Gasteiger partial charge in [-0.3, -0.25) is 0 Å². The molecule has 0 amide bonds. The van der Waals surface area contributed by atoms with E-state index in [0.29, 0.717) is 6.54 Å². The molecule has 16 heavy (non-hydrogen) atoms. The Balaban J connectivity index is 2.20. The molecule has 1 N–H and O–H groups in total. The van der Waals surface area contributed by atoms with Gasteiger partial charge in [0.05, 0.1) is 10.5 Å². The topological polar surface area (TPSA) is 46.2 Å². The van der Waals surface area contributed by atoms with E-state index in [4.69, 9.17) is 0 Å².